The molecule has 0 spiro atoms. The van der Waals surface area contributed by atoms with Gasteiger partial charge in [0.25, 0.3) is 0 Å². The summed E-state index contributed by atoms with van der Waals surface area (Å²) in [7, 11) is 0. The van der Waals surface area contributed by atoms with Crippen molar-refractivity contribution in [3.63, 3.8) is 0 Å². The van der Waals surface area contributed by atoms with E-state index in [1.807, 2.05) is 6.92 Å². The first-order valence-corrected chi connectivity index (χ1v) is 4.81. The Hall–Kier alpha value is -0.190. The minimum absolute atomic E-state index is 0.272. The molecule has 1 rings (SSSR count). The smallest absolute Gasteiger partial charge is 0.117 e. The molecule has 1 saturated heterocycles. The highest BCUT2D eigenvalue weighted by Gasteiger charge is 2.19. The fraction of sp³-hybridized carbons (Fsp3) is 1.00. The van der Waals surface area contributed by atoms with Crippen molar-refractivity contribution in [3.8, 4) is 0 Å². The van der Waals surface area contributed by atoms with E-state index in [0.29, 0.717) is 12.6 Å². The molecule has 0 aromatic rings. The summed E-state index contributed by atoms with van der Waals surface area (Å²) in [5, 5.41) is 12.1. The van der Waals surface area contributed by atoms with Gasteiger partial charge in [-0.1, -0.05) is 0 Å². The van der Waals surface area contributed by atoms with Crippen molar-refractivity contribution >= 4 is 0 Å². The zero-order valence-electron chi connectivity index (χ0n) is 8.00. The average molecular weight is 191 g/mol. The highest BCUT2D eigenvalue weighted by atomic mass is 19.1. The van der Waals surface area contributed by atoms with Crippen molar-refractivity contribution in [2.24, 2.45) is 0 Å². The fourth-order valence-corrected chi connectivity index (χ4v) is 1.54. The number of aliphatic hydroxyl groups excluding tert-OH is 1. The Morgan fingerprint density at radius 3 is 3.08 bits per heavy atom. The zero-order valence-corrected chi connectivity index (χ0v) is 8.00. The van der Waals surface area contributed by atoms with Crippen LogP contribution in [0, 0.1) is 0 Å². The SMILES string of the molecule is CC1CC(NCC(O)CF)CCO1. The fourth-order valence-electron chi connectivity index (χ4n) is 1.54. The van der Waals surface area contributed by atoms with Gasteiger partial charge in [-0.05, 0) is 19.8 Å². The van der Waals surface area contributed by atoms with Gasteiger partial charge in [0, 0.05) is 19.2 Å². The van der Waals surface area contributed by atoms with Gasteiger partial charge in [-0.2, -0.15) is 0 Å². The summed E-state index contributed by atoms with van der Waals surface area (Å²) in [5.74, 6) is 0. The standard InChI is InChI=1S/C9H18FNO2/c1-7-4-8(2-3-13-7)11-6-9(12)5-10/h7-9,11-12H,2-6H2,1H3. The quantitative estimate of drug-likeness (QED) is 0.679. The van der Waals surface area contributed by atoms with Crippen LogP contribution in [0.1, 0.15) is 19.8 Å². The molecule has 3 atom stereocenters. The van der Waals surface area contributed by atoms with E-state index in [0.717, 1.165) is 19.4 Å². The van der Waals surface area contributed by atoms with Crippen LogP contribution in [0.4, 0.5) is 4.39 Å². The van der Waals surface area contributed by atoms with E-state index >= 15 is 0 Å². The number of nitrogens with one attached hydrogen (secondary N) is 1. The van der Waals surface area contributed by atoms with E-state index in [1.54, 1.807) is 0 Å². The Morgan fingerprint density at radius 2 is 2.46 bits per heavy atom. The average Bonchev–Trinajstić information content (AvgIpc) is 2.14. The summed E-state index contributed by atoms with van der Waals surface area (Å²) < 4.78 is 17.3. The third kappa shape index (κ3) is 4.02. The van der Waals surface area contributed by atoms with Crippen molar-refractivity contribution in [1.82, 2.24) is 5.32 Å². The van der Waals surface area contributed by atoms with Crippen molar-refractivity contribution in [3.05, 3.63) is 0 Å². The molecule has 78 valence electrons. The minimum Gasteiger partial charge on any atom is -0.389 e. The lowest BCUT2D eigenvalue weighted by Gasteiger charge is -2.28. The second-order valence-electron chi connectivity index (χ2n) is 3.62. The Bertz CT molecular complexity index is 146. The van der Waals surface area contributed by atoms with Gasteiger partial charge >= 0.3 is 0 Å². The topological polar surface area (TPSA) is 41.5 Å². The first kappa shape index (κ1) is 10.9. The largest absolute Gasteiger partial charge is 0.389 e. The van der Waals surface area contributed by atoms with Gasteiger partial charge in [-0.25, -0.2) is 4.39 Å². The third-order valence-electron chi connectivity index (χ3n) is 2.31. The molecular formula is C9H18FNO2. The molecule has 0 radical (unpaired) electrons. The Balaban J connectivity index is 2.13. The number of alkyl halides is 1. The van der Waals surface area contributed by atoms with Gasteiger partial charge in [-0.15, -0.1) is 0 Å². The van der Waals surface area contributed by atoms with E-state index in [1.165, 1.54) is 0 Å². The van der Waals surface area contributed by atoms with Crippen LogP contribution in [0.5, 0.6) is 0 Å². The molecule has 0 bridgehead atoms. The molecule has 1 fully saturated rings. The van der Waals surface area contributed by atoms with Crippen LogP contribution < -0.4 is 5.32 Å². The molecule has 1 aliphatic heterocycles. The predicted octanol–water partition coefficient (Wildman–Crippen LogP) is 0.474. The van der Waals surface area contributed by atoms with Gasteiger partial charge < -0.3 is 15.2 Å². The van der Waals surface area contributed by atoms with Crippen LogP contribution in [0.15, 0.2) is 0 Å². The highest BCUT2D eigenvalue weighted by molar-refractivity contribution is 4.75. The van der Waals surface area contributed by atoms with E-state index in [4.69, 9.17) is 9.84 Å². The van der Waals surface area contributed by atoms with Crippen LogP contribution in [0.2, 0.25) is 0 Å². The molecule has 2 N–H and O–H groups in total. The number of ether oxygens (including phenoxy) is 1. The first-order valence-electron chi connectivity index (χ1n) is 4.81. The van der Waals surface area contributed by atoms with Crippen molar-refractivity contribution in [2.45, 2.75) is 38.0 Å². The Morgan fingerprint density at radius 1 is 1.69 bits per heavy atom. The van der Waals surface area contributed by atoms with Crippen molar-refractivity contribution < 1.29 is 14.2 Å². The summed E-state index contributed by atoms with van der Waals surface area (Å²) in [4.78, 5) is 0. The molecule has 0 aliphatic carbocycles. The molecule has 13 heavy (non-hydrogen) atoms. The number of hydrogen-bond acceptors (Lipinski definition) is 3. The Kier molecular flexibility index (Phi) is 4.62. The molecular weight excluding hydrogens is 173 g/mol. The van der Waals surface area contributed by atoms with E-state index < -0.39 is 12.8 Å². The molecule has 1 heterocycles. The lowest BCUT2D eigenvalue weighted by Crippen LogP contribution is -2.41. The maximum atomic E-state index is 11.9. The number of rotatable bonds is 4. The van der Waals surface area contributed by atoms with E-state index in [-0.39, 0.29) is 6.10 Å². The summed E-state index contributed by atoms with van der Waals surface area (Å²) in [6.45, 7) is 2.45. The van der Waals surface area contributed by atoms with Crippen molar-refractivity contribution in [1.29, 1.82) is 0 Å². The summed E-state index contributed by atoms with van der Waals surface area (Å²) in [6, 6.07) is 0.366. The second kappa shape index (κ2) is 5.52. The maximum Gasteiger partial charge on any atom is 0.117 e. The summed E-state index contributed by atoms with van der Waals surface area (Å²) in [6.07, 6.45) is 1.30. The molecule has 0 saturated carbocycles. The zero-order chi connectivity index (χ0) is 9.68. The number of hydrogen-bond donors (Lipinski definition) is 2. The van der Waals surface area contributed by atoms with Gasteiger partial charge in [-0.3, -0.25) is 0 Å². The van der Waals surface area contributed by atoms with Gasteiger partial charge in [0.15, 0.2) is 0 Å². The minimum atomic E-state index is -0.863. The molecule has 4 heteroatoms. The van der Waals surface area contributed by atoms with Crippen LogP contribution >= 0.6 is 0 Å². The first-order chi connectivity index (χ1) is 6.22. The van der Waals surface area contributed by atoms with Crippen LogP contribution in [-0.4, -0.2) is 43.2 Å². The number of halogens is 1. The van der Waals surface area contributed by atoms with Gasteiger partial charge in [0.2, 0.25) is 0 Å². The molecule has 1 aliphatic rings. The number of aliphatic hydroxyl groups is 1. The molecule has 3 nitrogen and oxygen atoms in total. The normalized spacial score (nSPS) is 31.6. The van der Waals surface area contributed by atoms with Crippen LogP contribution in [0.25, 0.3) is 0 Å². The van der Waals surface area contributed by atoms with Crippen molar-refractivity contribution in [2.75, 3.05) is 19.8 Å². The molecule has 0 aromatic heterocycles. The highest BCUT2D eigenvalue weighted by Crippen LogP contribution is 2.12. The third-order valence-corrected chi connectivity index (χ3v) is 2.31. The van der Waals surface area contributed by atoms with Crippen LogP contribution in [-0.2, 0) is 4.74 Å². The molecule has 0 amide bonds. The predicted molar refractivity (Wildman–Crippen MR) is 48.4 cm³/mol. The van der Waals surface area contributed by atoms with Crippen LogP contribution in [0.3, 0.4) is 0 Å². The van der Waals surface area contributed by atoms with E-state index in [9.17, 15) is 4.39 Å². The lowest BCUT2D eigenvalue weighted by molar-refractivity contribution is 0.0104. The van der Waals surface area contributed by atoms with Gasteiger partial charge in [0.05, 0.1) is 12.2 Å². The maximum absolute atomic E-state index is 11.9. The molecule has 0 aromatic carbocycles. The second-order valence-corrected chi connectivity index (χ2v) is 3.62. The van der Waals surface area contributed by atoms with Gasteiger partial charge in [0.1, 0.15) is 6.67 Å². The monoisotopic (exact) mass is 191 g/mol. The Labute approximate surface area is 78.3 Å². The lowest BCUT2D eigenvalue weighted by atomic mass is 10.0. The van der Waals surface area contributed by atoms with E-state index in [2.05, 4.69) is 5.32 Å². The molecule has 3 unspecified atom stereocenters. The summed E-state index contributed by atoms with van der Waals surface area (Å²) >= 11 is 0. The summed E-state index contributed by atoms with van der Waals surface area (Å²) in [5.41, 5.74) is 0.